The quantitative estimate of drug-likeness (QED) is 0.839. The molecule has 0 bridgehead atoms. The highest BCUT2D eigenvalue weighted by Gasteiger charge is 2.26. The third kappa shape index (κ3) is 4.31. The molecule has 0 amide bonds. The van der Waals surface area contributed by atoms with E-state index >= 15 is 0 Å². The molecule has 0 aliphatic carbocycles. The molecule has 1 aromatic carbocycles. The summed E-state index contributed by atoms with van der Waals surface area (Å²) in [6.45, 7) is 7.63. The van der Waals surface area contributed by atoms with E-state index in [0.29, 0.717) is 24.1 Å². The van der Waals surface area contributed by atoms with E-state index in [4.69, 9.17) is 4.74 Å². The van der Waals surface area contributed by atoms with Gasteiger partial charge in [0.15, 0.2) is 0 Å². The number of ether oxygens (including phenoxy) is 1. The monoisotopic (exact) mass is 339 g/mol. The molecule has 1 N–H and O–H groups in total. The lowest BCUT2D eigenvalue weighted by molar-refractivity contribution is -0.0260. The predicted octanol–water partition coefficient (Wildman–Crippen LogP) is 4.69. The summed E-state index contributed by atoms with van der Waals surface area (Å²) in [4.78, 5) is 0. The summed E-state index contributed by atoms with van der Waals surface area (Å²) in [7, 11) is 0. The van der Waals surface area contributed by atoms with E-state index in [-0.39, 0.29) is 0 Å². The summed E-state index contributed by atoms with van der Waals surface area (Å²) in [6, 6.07) is 9.69. The van der Waals surface area contributed by atoms with Crippen LogP contribution in [0.1, 0.15) is 51.6 Å². The van der Waals surface area contributed by atoms with Crippen molar-refractivity contribution in [3.05, 3.63) is 34.3 Å². The maximum atomic E-state index is 5.86. The van der Waals surface area contributed by atoms with E-state index in [1.54, 1.807) is 0 Å². The highest BCUT2D eigenvalue weighted by atomic mass is 79.9. The Morgan fingerprint density at radius 1 is 1.30 bits per heavy atom. The van der Waals surface area contributed by atoms with Gasteiger partial charge in [-0.1, -0.05) is 48.8 Å². The molecule has 1 aliphatic rings. The third-order valence-corrected chi connectivity index (χ3v) is 4.70. The van der Waals surface area contributed by atoms with Crippen LogP contribution in [0, 0.1) is 5.92 Å². The number of halogens is 1. The van der Waals surface area contributed by atoms with Gasteiger partial charge in [-0.05, 0) is 42.9 Å². The number of hydrogen-bond donors (Lipinski definition) is 1. The van der Waals surface area contributed by atoms with Gasteiger partial charge in [-0.25, -0.2) is 0 Å². The number of hydrogen-bond acceptors (Lipinski definition) is 2. The molecule has 1 heterocycles. The average Bonchev–Trinajstić information content (AvgIpc) is 2.46. The van der Waals surface area contributed by atoms with Crippen LogP contribution < -0.4 is 5.32 Å². The van der Waals surface area contributed by atoms with E-state index in [0.717, 1.165) is 30.3 Å². The number of nitrogens with one attached hydrogen (secondary N) is 1. The first kappa shape index (κ1) is 16.0. The Morgan fingerprint density at radius 3 is 2.60 bits per heavy atom. The molecular formula is C17H26BrNO. The second-order valence-corrected chi connectivity index (χ2v) is 6.97. The molecule has 3 heteroatoms. The highest BCUT2D eigenvalue weighted by Crippen LogP contribution is 2.25. The van der Waals surface area contributed by atoms with Crippen LogP contribution >= 0.6 is 15.9 Å². The van der Waals surface area contributed by atoms with Gasteiger partial charge in [-0.2, -0.15) is 0 Å². The van der Waals surface area contributed by atoms with Crippen molar-refractivity contribution in [2.24, 2.45) is 5.92 Å². The SMILES string of the molecule is CCC(NC1CCOC(C(C)C)C1)c1ccc(Br)cc1. The van der Waals surface area contributed by atoms with Crippen LogP contribution in [0.15, 0.2) is 28.7 Å². The minimum Gasteiger partial charge on any atom is -0.378 e. The molecule has 1 aromatic rings. The lowest BCUT2D eigenvalue weighted by Gasteiger charge is -2.34. The van der Waals surface area contributed by atoms with E-state index in [9.17, 15) is 0 Å². The topological polar surface area (TPSA) is 21.3 Å². The fourth-order valence-corrected chi connectivity index (χ4v) is 3.14. The fourth-order valence-electron chi connectivity index (χ4n) is 2.87. The summed E-state index contributed by atoms with van der Waals surface area (Å²) in [5.74, 6) is 0.604. The van der Waals surface area contributed by atoms with Gasteiger partial charge in [0.2, 0.25) is 0 Å². The zero-order valence-electron chi connectivity index (χ0n) is 12.7. The third-order valence-electron chi connectivity index (χ3n) is 4.18. The van der Waals surface area contributed by atoms with Gasteiger partial charge < -0.3 is 10.1 Å². The first-order chi connectivity index (χ1) is 9.60. The molecule has 0 saturated carbocycles. The Balaban J connectivity index is 1.97. The van der Waals surface area contributed by atoms with Crippen LogP contribution in [-0.4, -0.2) is 18.8 Å². The second-order valence-electron chi connectivity index (χ2n) is 6.05. The van der Waals surface area contributed by atoms with Crippen LogP contribution in [0.5, 0.6) is 0 Å². The summed E-state index contributed by atoms with van der Waals surface area (Å²) >= 11 is 3.50. The minimum atomic E-state index is 0.406. The molecule has 1 aliphatic heterocycles. The molecule has 1 fully saturated rings. The van der Waals surface area contributed by atoms with Crippen molar-refractivity contribution >= 4 is 15.9 Å². The van der Waals surface area contributed by atoms with Crippen molar-refractivity contribution in [2.75, 3.05) is 6.61 Å². The van der Waals surface area contributed by atoms with Crippen molar-refractivity contribution in [1.29, 1.82) is 0 Å². The first-order valence-corrected chi connectivity index (χ1v) is 8.52. The molecule has 1 saturated heterocycles. The molecule has 112 valence electrons. The maximum Gasteiger partial charge on any atom is 0.0612 e. The van der Waals surface area contributed by atoms with Crippen LogP contribution in [-0.2, 0) is 4.74 Å². The van der Waals surface area contributed by atoms with Crippen molar-refractivity contribution in [2.45, 2.75) is 58.2 Å². The van der Waals surface area contributed by atoms with E-state index < -0.39 is 0 Å². The Kier molecular flexibility index (Phi) is 6.06. The van der Waals surface area contributed by atoms with Crippen LogP contribution in [0.3, 0.4) is 0 Å². The van der Waals surface area contributed by atoms with Crippen molar-refractivity contribution in [3.8, 4) is 0 Å². The maximum absolute atomic E-state index is 5.86. The van der Waals surface area contributed by atoms with Crippen molar-refractivity contribution in [3.63, 3.8) is 0 Å². The molecule has 3 atom stereocenters. The average molecular weight is 340 g/mol. The predicted molar refractivity (Wildman–Crippen MR) is 87.9 cm³/mol. The summed E-state index contributed by atoms with van der Waals surface area (Å²) in [5.41, 5.74) is 1.38. The Bertz CT molecular complexity index is 404. The van der Waals surface area contributed by atoms with E-state index in [2.05, 4.69) is 66.3 Å². The minimum absolute atomic E-state index is 0.406. The Morgan fingerprint density at radius 2 is 2.00 bits per heavy atom. The van der Waals surface area contributed by atoms with Gasteiger partial charge in [0.1, 0.15) is 0 Å². The summed E-state index contributed by atoms with van der Waals surface area (Å²) in [6.07, 6.45) is 3.77. The largest absolute Gasteiger partial charge is 0.378 e. The molecule has 2 nitrogen and oxygen atoms in total. The van der Waals surface area contributed by atoms with Gasteiger partial charge in [-0.3, -0.25) is 0 Å². The smallest absolute Gasteiger partial charge is 0.0612 e. The summed E-state index contributed by atoms with van der Waals surface area (Å²) < 4.78 is 7.00. The highest BCUT2D eigenvalue weighted by molar-refractivity contribution is 9.10. The van der Waals surface area contributed by atoms with Crippen LogP contribution in [0.25, 0.3) is 0 Å². The van der Waals surface area contributed by atoms with Crippen molar-refractivity contribution in [1.82, 2.24) is 5.32 Å². The molecule has 0 aromatic heterocycles. The number of rotatable bonds is 5. The van der Waals surface area contributed by atoms with Gasteiger partial charge in [0.05, 0.1) is 6.10 Å². The zero-order chi connectivity index (χ0) is 14.5. The molecule has 20 heavy (non-hydrogen) atoms. The molecule has 2 rings (SSSR count). The molecule has 0 spiro atoms. The summed E-state index contributed by atoms with van der Waals surface area (Å²) in [5, 5.41) is 3.83. The van der Waals surface area contributed by atoms with E-state index in [1.807, 2.05) is 0 Å². The normalized spacial score (nSPS) is 24.9. The van der Waals surface area contributed by atoms with E-state index in [1.165, 1.54) is 5.56 Å². The zero-order valence-corrected chi connectivity index (χ0v) is 14.3. The van der Waals surface area contributed by atoms with Crippen molar-refractivity contribution < 1.29 is 4.74 Å². The fraction of sp³-hybridized carbons (Fsp3) is 0.647. The Hall–Kier alpha value is -0.380. The number of benzene rings is 1. The molecular weight excluding hydrogens is 314 g/mol. The van der Waals surface area contributed by atoms with Gasteiger partial charge in [0, 0.05) is 23.2 Å². The molecule has 3 unspecified atom stereocenters. The first-order valence-electron chi connectivity index (χ1n) is 7.73. The van der Waals surface area contributed by atoms with Gasteiger partial charge in [-0.15, -0.1) is 0 Å². The molecule has 0 radical (unpaired) electrons. The Labute approximate surface area is 131 Å². The lowest BCUT2D eigenvalue weighted by atomic mass is 9.93. The van der Waals surface area contributed by atoms with Crippen LogP contribution in [0.2, 0.25) is 0 Å². The van der Waals surface area contributed by atoms with Gasteiger partial charge >= 0.3 is 0 Å². The van der Waals surface area contributed by atoms with Gasteiger partial charge in [0.25, 0.3) is 0 Å². The van der Waals surface area contributed by atoms with Crippen LogP contribution in [0.4, 0.5) is 0 Å². The standard InChI is InChI=1S/C17H26BrNO/c1-4-16(13-5-7-14(18)8-6-13)19-15-9-10-20-17(11-15)12(2)3/h5-8,12,15-17,19H,4,9-11H2,1-3H3. The second kappa shape index (κ2) is 7.58. The lowest BCUT2D eigenvalue weighted by Crippen LogP contribution is -2.42.